The summed E-state index contributed by atoms with van der Waals surface area (Å²) in [6, 6.07) is 0. The molecule has 0 heterocycles. The number of ether oxygens (including phenoxy) is 2. The van der Waals surface area contributed by atoms with Gasteiger partial charge in [-0.1, -0.05) is 137 Å². The van der Waals surface area contributed by atoms with Crippen LogP contribution in [-0.4, -0.2) is 36.7 Å². The van der Waals surface area contributed by atoms with Crippen LogP contribution in [0.1, 0.15) is 150 Å². The van der Waals surface area contributed by atoms with Gasteiger partial charge in [0.1, 0.15) is 0 Å². The Labute approximate surface area is 217 Å². The Bertz CT molecular complexity index is 390. The van der Waals surface area contributed by atoms with E-state index in [4.69, 9.17) is 9.47 Å². The minimum atomic E-state index is -0.224. The molecule has 4 nitrogen and oxygen atoms in total. The highest BCUT2D eigenvalue weighted by atomic mass is 32.2. The van der Waals surface area contributed by atoms with E-state index in [-0.39, 0.29) is 30.9 Å². The van der Waals surface area contributed by atoms with Crippen molar-refractivity contribution < 1.29 is 19.1 Å². The summed E-state index contributed by atoms with van der Waals surface area (Å²) >= 11 is 1.29. The second-order valence-electron chi connectivity index (χ2n) is 9.30. The van der Waals surface area contributed by atoms with Gasteiger partial charge in [-0.15, -0.1) is 11.8 Å². The summed E-state index contributed by atoms with van der Waals surface area (Å²) in [5.74, 6) is 0.00722. The van der Waals surface area contributed by atoms with E-state index in [9.17, 15) is 9.59 Å². The molecule has 0 aliphatic rings. The first kappa shape index (κ1) is 35.5. The third kappa shape index (κ3) is 29.3. The summed E-state index contributed by atoms with van der Waals surface area (Å²) in [6.07, 6.45) is 25.4. The lowest BCUT2D eigenvalue weighted by Crippen LogP contribution is -2.13. The van der Waals surface area contributed by atoms with Crippen molar-refractivity contribution in [2.45, 2.75) is 150 Å². The molecular formula is C29H58O4S. The van der Waals surface area contributed by atoms with E-state index in [0.717, 1.165) is 25.7 Å². The Balaban J connectivity index is 0. The Hall–Kier alpha value is -0.710. The van der Waals surface area contributed by atoms with Crippen LogP contribution in [0.25, 0.3) is 0 Å². The van der Waals surface area contributed by atoms with Crippen LogP contribution < -0.4 is 0 Å². The van der Waals surface area contributed by atoms with E-state index in [2.05, 4.69) is 13.8 Å². The number of unbranched alkanes of at least 4 members (excludes halogenated alkanes) is 18. The minimum absolute atomic E-state index is 0. The normalized spacial score (nSPS) is 10.6. The van der Waals surface area contributed by atoms with Gasteiger partial charge in [-0.25, -0.2) is 0 Å². The Morgan fingerprint density at radius 2 is 0.735 bits per heavy atom. The monoisotopic (exact) mass is 502 g/mol. The molecule has 0 amide bonds. The lowest BCUT2D eigenvalue weighted by molar-refractivity contribution is -0.140. The molecule has 0 saturated carbocycles. The Kier molecular flexibility index (Phi) is 31.6. The summed E-state index contributed by atoms with van der Waals surface area (Å²) in [4.78, 5) is 23.5. The fraction of sp³-hybridized carbons (Fsp3) is 0.931. The van der Waals surface area contributed by atoms with Gasteiger partial charge < -0.3 is 9.47 Å². The number of thioether (sulfide) groups is 1. The molecule has 0 aliphatic carbocycles. The number of carbonyl (C=O) groups excluding carboxylic acids is 2. The van der Waals surface area contributed by atoms with Gasteiger partial charge in [0.2, 0.25) is 0 Å². The van der Waals surface area contributed by atoms with E-state index in [1.165, 1.54) is 114 Å². The highest BCUT2D eigenvalue weighted by Crippen LogP contribution is 2.12. The van der Waals surface area contributed by atoms with Crippen molar-refractivity contribution in [3.63, 3.8) is 0 Å². The van der Waals surface area contributed by atoms with Crippen LogP contribution in [0.3, 0.4) is 0 Å². The molecule has 0 rings (SSSR count). The van der Waals surface area contributed by atoms with Crippen molar-refractivity contribution >= 4 is 23.7 Å². The molecule has 0 radical (unpaired) electrons. The van der Waals surface area contributed by atoms with E-state index in [1.807, 2.05) is 0 Å². The molecule has 0 N–H and O–H groups in total. The lowest BCUT2D eigenvalue weighted by atomic mass is 10.1. The fourth-order valence-corrected chi connectivity index (χ4v) is 4.45. The maximum absolute atomic E-state index is 11.7. The van der Waals surface area contributed by atoms with E-state index >= 15 is 0 Å². The van der Waals surface area contributed by atoms with Crippen LogP contribution in [0, 0.1) is 0 Å². The van der Waals surface area contributed by atoms with Gasteiger partial charge in [0.25, 0.3) is 0 Å². The van der Waals surface area contributed by atoms with Gasteiger partial charge in [-0.3, -0.25) is 9.59 Å². The molecule has 0 fully saturated rings. The first-order valence-electron chi connectivity index (χ1n) is 14.1. The van der Waals surface area contributed by atoms with Gasteiger partial charge in [0.05, 0.1) is 24.7 Å². The van der Waals surface area contributed by atoms with Crippen LogP contribution in [0.4, 0.5) is 0 Å². The van der Waals surface area contributed by atoms with E-state index < -0.39 is 0 Å². The summed E-state index contributed by atoms with van der Waals surface area (Å²) in [5, 5.41) is 0. The SMILES string of the molecule is C.CCCCCCCCCCCCOC(=O)CSCC(=O)OCCCCCCCCCCCC. The molecular weight excluding hydrogens is 444 g/mol. The molecule has 0 aromatic carbocycles. The molecule has 34 heavy (non-hydrogen) atoms. The van der Waals surface area contributed by atoms with Crippen molar-refractivity contribution in [2.75, 3.05) is 24.7 Å². The lowest BCUT2D eigenvalue weighted by Gasteiger charge is -2.06. The molecule has 0 unspecified atom stereocenters. The zero-order chi connectivity index (χ0) is 24.2. The van der Waals surface area contributed by atoms with Crippen LogP contribution in [0.15, 0.2) is 0 Å². The topological polar surface area (TPSA) is 52.6 Å². The summed E-state index contributed by atoms with van der Waals surface area (Å²) in [7, 11) is 0. The van der Waals surface area contributed by atoms with Crippen molar-refractivity contribution in [1.82, 2.24) is 0 Å². The van der Waals surface area contributed by atoms with Gasteiger partial charge >= 0.3 is 11.9 Å². The van der Waals surface area contributed by atoms with Crippen molar-refractivity contribution in [1.29, 1.82) is 0 Å². The molecule has 0 atom stereocenters. The zero-order valence-corrected chi connectivity index (χ0v) is 22.8. The quantitative estimate of drug-likeness (QED) is 0.0871. The molecule has 0 aromatic rings. The molecule has 0 aromatic heterocycles. The minimum Gasteiger partial charge on any atom is -0.465 e. The molecule has 0 spiro atoms. The first-order valence-corrected chi connectivity index (χ1v) is 15.2. The predicted molar refractivity (Wildman–Crippen MR) is 150 cm³/mol. The first-order chi connectivity index (χ1) is 16.2. The average molecular weight is 503 g/mol. The van der Waals surface area contributed by atoms with Gasteiger partial charge in [-0.2, -0.15) is 0 Å². The third-order valence-electron chi connectivity index (χ3n) is 5.96. The Morgan fingerprint density at radius 3 is 1.03 bits per heavy atom. The predicted octanol–water partition coefficient (Wildman–Crippen LogP) is 9.28. The molecule has 0 bridgehead atoms. The summed E-state index contributed by atoms with van der Waals surface area (Å²) < 4.78 is 10.5. The maximum atomic E-state index is 11.7. The third-order valence-corrected chi connectivity index (χ3v) is 6.84. The van der Waals surface area contributed by atoms with Crippen molar-refractivity contribution in [3.8, 4) is 0 Å². The molecule has 0 aliphatic heterocycles. The maximum Gasteiger partial charge on any atom is 0.315 e. The number of hydrogen-bond acceptors (Lipinski definition) is 5. The van der Waals surface area contributed by atoms with Gasteiger partial charge in [0, 0.05) is 0 Å². The fourth-order valence-electron chi connectivity index (χ4n) is 3.85. The van der Waals surface area contributed by atoms with E-state index in [0.29, 0.717) is 13.2 Å². The molecule has 5 heteroatoms. The second-order valence-corrected chi connectivity index (χ2v) is 10.3. The number of carbonyl (C=O) groups is 2. The molecule has 0 saturated heterocycles. The zero-order valence-electron chi connectivity index (χ0n) is 22.0. The summed E-state index contributed by atoms with van der Waals surface area (Å²) in [5.41, 5.74) is 0. The van der Waals surface area contributed by atoms with Crippen LogP contribution in [0.5, 0.6) is 0 Å². The summed E-state index contributed by atoms with van der Waals surface area (Å²) in [6.45, 7) is 5.50. The van der Waals surface area contributed by atoms with Crippen LogP contribution >= 0.6 is 11.8 Å². The van der Waals surface area contributed by atoms with Gasteiger partial charge in [-0.05, 0) is 12.8 Å². The number of hydrogen-bond donors (Lipinski definition) is 0. The highest BCUT2D eigenvalue weighted by Gasteiger charge is 2.07. The smallest absolute Gasteiger partial charge is 0.315 e. The Morgan fingerprint density at radius 1 is 0.471 bits per heavy atom. The number of esters is 2. The molecule has 204 valence electrons. The standard InChI is InChI=1S/C28H54O4S.CH4/c1-3-5-7-9-11-13-15-17-19-21-23-31-27(29)25-33-26-28(30)32-24-22-20-18-16-14-12-10-8-6-4-2;/h3-26H2,1-2H3;1H4. The van der Waals surface area contributed by atoms with E-state index in [1.54, 1.807) is 0 Å². The second kappa shape index (κ2) is 30.3. The van der Waals surface area contributed by atoms with Gasteiger partial charge in [0.15, 0.2) is 0 Å². The van der Waals surface area contributed by atoms with Crippen molar-refractivity contribution in [2.24, 2.45) is 0 Å². The van der Waals surface area contributed by atoms with Crippen LogP contribution in [0.2, 0.25) is 0 Å². The largest absolute Gasteiger partial charge is 0.465 e. The van der Waals surface area contributed by atoms with Crippen LogP contribution in [-0.2, 0) is 19.1 Å². The highest BCUT2D eigenvalue weighted by molar-refractivity contribution is 8.00. The number of rotatable bonds is 26. The van der Waals surface area contributed by atoms with Crippen molar-refractivity contribution in [3.05, 3.63) is 0 Å². The average Bonchev–Trinajstić information content (AvgIpc) is 2.81.